The van der Waals surface area contributed by atoms with Crippen LogP contribution >= 0.6 is 11.8 Å². The topological polar surface area (TPSA) is 24.9 Å². The van der Waals surface area contributed by atoms with Crippen molar-refractivity contribution in [1.82, 2.24) is 10.3 Å². The van der Waals surface area contributed by atoms with Gasteiger partial charge in [0, 0.05) is 25.0 Å². The second-order valence-electron chi connectivity index (χ2n) is 2.79. The highest BCUT2D eigenvalue weighted by molar-refractivity contribution is 8.00. The third-order valence-electron chi connectivity index (χ3n) is 1.58. The molecule has 1 aromatic heterocycles. The molecule has 0 bridgehead atoms. The molecule has 0 spiro atoms. The van der Waals surface area contributed by atoms with Crippen LogP contribution < -0.4 is 5.32 Å². The predicted molar refractivity (Wildman–Crippen MR) is 54.5 cm³/mol. The summed E-state index contributed by atoms with van der Waals surface area (Å²) >= 11 is -0.0142. The van der Waals surface area contributed by atoms with Crippen LogP contribution in [0.1, 0.15) is 5.69 Å². The van der Waals surface area contributed by atoms with Gasteiger partial charge in [0.2, 0.25) is 0 Å². The summed E-state index contributed by atoms with van der Waals surface area (Å²) < 4.78 is 35.2. The monoisotopic (exact) mass is 236 g/mol. The van der Waals surface area contributed by atoms with E-state index in [1.807, 2.05) is 12.1 Å². The first-order valence-electron chi connectivity index (χ1n) is 4.39. The molecule has 2 nitrogen and oxygen atoms in total. The van der Waals surface area contributed by atoms with E-state index in [9.17, 15) is 13.2 Å². The van der Waals surface area contributed by atoms with Crippen molar-refractivity contribution in [2.75, 3.05) is 12.3 Å². The van der Waals surface area contributed by atoms with E-state index in [0.29, 0.717) is 13.1 Å². The molecule has 1 aromatic rings. The fourth-order valence-electron chi connectivity index (χ4n) is 0.958. The SMILES string of the molecule is FC(F)(F)SCCNCc1ccccn1. The summed E-state index contributed by atoms with van der Waals surface area (Å²) in [7, 11) is 0. The van der Waals surface area contributed by atoms with Crippen molar-refractivity contribution in [3.05, 3.63) is 30.1 Å². The second kappa shape index (κ2) is 5.97. The molecule has 0 aliphatic rings. The second-order valence-corrected chi connectivity index (χ2v) is 3.95. The molecule has 0 amide bonds. The van der Waals surface area contributed by atoms with Crippen LogP contribution in [0.15, 0.2) is 24.4 Å². The van der Waals surface area contributed by atoms with Crippen LogP contribution in [-0.4, -0.2) is 22.8 Å². The van der Waals surface area contributed by atoms with Gasteiger partial charge in [0.05, 0.1) is 5.69 Å². The van der Waals surface area contributed by atoms with E-state index < -0.39 is 5.51 Å². The summed E-state index contributed by atoms with van der Waals surface area (Å²) in [6.07, 6.45) is 1.65. The van der Waals surface area contributed by atoms with E-state index in [0.717, 1.165) is 5.69 Å². The zero-order valence-electron chi connectivity index (χ0n) is 7.92. The summed E-state index contributed by atoms with van der Waals surface area (Å²) in [5.74, 6) is 0.0241. The molecule has 0 radical (unpaired) electrons. The normalized spacial score (nSPS) is 11.7. The number of thioether (sulfide) groups is 1. The standard InChI is InChI=1S/C9H11F3N2S/c10-9(11,12)15-6-5-13-7-8-3-1-2-4-14-8/h1-4,13H,5-7H2. The lowest BCUT2D eigenvalue weighted by atomic mass is 10.3. The van der Waals surface area contributed by atoms with Crippen LogP contribution in [0.3, 0.4) is 0 Å². The molecule has 0 fully saturated rings. The largest absolute Gasteiger partial charge is 0.441 e. The van der Waals surface area contributed by atoms with Crippen molar-refractivity contribution < 1.29 is 13.2 Å². The number of alkyl halides is 3. The smallest absolute Gasteiger partial charge is 0.310 e. The predicted octanol–water partition coefficient (Wildman–Crippen LogP) is 2.42. The minimum Gasteiger partial charge on any atom is -0.310 e. The summed E-state index contributed by atoms with van der Waals surface area (Å²) in [5, 5.41) is 2.89. The highest BCUT2D eigenvalue weighted by Crippen LogP contribution is 2.29. The van der Waals surface area contributed by atoms with Gasteiger partial charge in [0.1, 0.15) is 0 Å². The van der Waals surface area contributed by atoms with Gasteiger partial charge in [-0.25, -0.2) is 0 Å². The summed E-state index contributed by atoms with van der Waals surface area (Å²) in [4.78, 5) is 4.03. The lowest BCUT2D eigenvalue weighted by Crippen LogP contribution is -2.18. The quantitative estimate of drug-likeness (QED) is 0.795. The molecule has 0 saturated heterocycles. The Morgan fingerprint density at radius 1 is 1.33 bits per heavy atom. The number of rotatable bonds is 5. The third kappa shape index (κ3) is 6.35. The molecule has 0 saturated carbocycles. The molecular weight excluding hydrogens is 225 g/mol. The van der Waals surface area contributed by atoms with Gasteiger partial charge >= 0.3 is 5.51 Å². The number of nitrogens with one attached hydrogen (secondary N) is 1. The molecule has 0 aliphatic carbocycles. The van der Waals surface area contributed by atoms with Crippen LogP contribution in [0.25, 0.3) is 0 Å². The number of pyridine rings is 1. The molecule has 0 aliphatic heterocycles. The number of halogens is 3. The average Bonchev–Trinajstić information content (AvgIpc) is 2.17. The number of nitrogens with zero attached hydrogens (tertiary/aromatic N) is 1. The highest BCUT2D eigenvalue weighted by Gasteiger charge is 2.27. The van der Waals surface area contributed by atoms with E-state index in [1.165, 1.54) is 0 Å². The van der Waals surface area contributed by atoms with Crippen molar-refractivity contribution in [2.24, 2.45) is 0 Å². The Balaban J connectivity index is 2.08. The van der Waals surface area contributed by atoms with E-state index in [-0.39, 0.29) is 17.5 Å². The first-order chi connectivity index (χ1) is 7.08. The Kier molecular flexibility index (Phi) is 4.90. The maximum atomic E-state index is 11.7. The summed E-state index contributed by atoms with van der Waals surface area (Å²) in [6, 6.07) is 5.46. The van der Waals surface area contributed by atoms with Gasteiger partial charge in [-0.2, -0.15) is 13.2 Å². The number of hydrogen-bond donors (Lipinski definition) is 1. The molecule has 1 N–H and O–H groups in total. The van der Waals surface area contributed by atoms with Gasteiger partial charge < -0.3 is 5.32 Å². The molecule has 0 unspecified atom stereocenters. The highest BCUT2D eigenvalue weighted by atomic mass is 32.2. The Labute approximate surface area is 90.3 Å². The van der Waals surface area contributed by atoms with Crippen molar-refractivity contribution in [3.8, 4) is 0 Å². The van der Waals surface area contributed by atoms with Crippen LogP contribution in [0, 0.1) is 0 Å². The first kappa shape index (κ1) is 12.3. The van der Waals surface area contributed by atoms with Crippen molar-refractivity contribution >= 4 is 11.8 Å². The number of aromatic nitrogens is 1. The summed E-state index contributed by atoms with van der Waals surface area (Å²) in [5.41, 5.74) is -3.30. The average molecular weight is 236 g/mol. The Bertz CT molecular complexity index is 276. The van der Waals surface area contributed by atoms with Gasteiger partial charge in [-0.15, -0.1) is 0 Å². The first-order valence-corrected chi connectivity index (χ1v) is 5.38. The van der Waals surface area contributed by atoms with Crippen molar-refractivity contribution in [1.29, 1.82) is 0 Å². The van der Waals surface area contributed by atoms with Crippen LogP contribution in [-0.2, 0) is 6.54 Å². The van der Waals surface area contributed by atoms with Gasteiger partial charge in [0.15, 0.2) is 0 Å². The third-order valence-corrected chi connectivity index (χ3v) is 2.31. The van der Waals surface area contributed by atoms with Gasteiger partial charge in [-0.3, -0.25) is 4.98 Å². The maximum Gasteiger partial charge on any atom is 0.441 e. The van der Waals surface area contributed by atoms with Gasteiger partial charge in [0.25, 0.3) is 0 Å². The van der Waals surface area contributed by atoms with Gasteiger partial charge in [-0.1, -0.05) is 6.07 Å². The molecule has 1 heterocycles. The molecule has 0 aromatic carbocycles. The Hall–Kier alpha value is -0.750. The van der Waals surface area contributed by atoms with Crippen LogP contribution in [0.5, 0.6) is 0 Å². The summed E-state index contributed by atoms with van der Waals surface area (Å²) in [6.45, 7) is 0.819. The van der Waals surface area contributed by atoms with E-state index >= 15 is 0 Å². The zero-order chi connectivity index (χ0) is 11.1. The molecular formula is C9H11F3N2S. The maximum absolute atomic E-state index is 11.7. The van der Waals surface area contributed by atoms with E-state index in [1.54, 1.807) is 12.3 Å². The van der Waals surface area contributed by atoms with E-state index in [2.05, 4.69) is 10.3 Å². The molecule has 15 heavy (non-hydrogen) atoms. The minimum absolute atomic E-state index is 0.0142. The molecule has 0 atom stereocenters. The number of hydrogen-bond acceptors (Lipinski definition) is 3. The lowest BCUT2D eigenvalue weighted by molar-refractivity contribution is -0.0327. The lowest BCUT2D eigenvalue weighted by Gasteiger charge is -2.06. The molecule has 6 heteroatoms. The molecule has 1 rings (SSSR count). The minimum atomic E-state index is -4.13. The van der Waals surface area contributed by atoms with E-state index in [4.69, 9.17) is 0 Å². The van der Waals surface area contributed by atoms with Crippen molar-refractivity contribution in [2.45, 2.75) is 12.1 Å². The Morgan fingerprint density at radius 2 is 2.13 bits per heavy atom. The fourth-order valence-corrected chi connectivity index (χ4v) is 1.44. The van der Waals surface area contributed by atoms with Crippen molar-refractivity contribution in [3.63, 3.8) is 0 Å². The van der Waals surface area contributed by atoms with Crippen LogP contribution in [0.2, 0.25) is 0 Å². The zero-order valence-corrected chi connectivity index (χ0v) is 8.74. The Morgan fingerprint density at radius 3 is 2.73 bits per heavy atom. The van der Waals surface area contributed by atoms with Crippen LogP contribution in [0.4, 0.5) is 13.2 Å². The molecule has 84 valence electrons. The fraction of sp³-hybridized carbons (Fsp3) is 0.444. The van der Waals surface area contributed by atoms with Gasteiger partial charge in [-0.05, 0) is 23.9 Å².